The molecule has 0 aliphatic rings. The fourth-order valence-electron chi connectivity index (χ4n) is 2.14. The van der Waals surface area contributed by atoms with Crippen LogP contribution in [0.25, 0.3) is 0 Å². The molecule has 0 fully saturated rings. The van der Waals surface area contributed by atoms with Gasteiger partial charge >= 0.3 is 0 Å². The molecule has 0 saturated carbocycles. The average Bonchev–Trinajstić information content (AvgIpc) is 2.45. The molecular formula is C17H18BrNO3. The number of nitro groups is 1. The van der Waals surface area contributed by atoms with E-state index in [1.807, 2.05) is 51.1 Å². The van der Waals surface area contributed by atoms with E-state index in [4.69, 9.17) is 4.74 Å². The summed E-state index contributed by atoms with van der Waals surface area (Å²) in [6, 6.07) is 13.0. The first-order valence-corrected chi connectivity index (χ1v) is 7.73. The fraction of sp³-hybridized carbons (Fsp3) is 0.294. The standard InChI is InChI=1S/C17H18BrNO3/c1-17(2,3)13-9-14(18)16(10-15(13)19(20)21)22-11-12-7-5-4-6-8-12/h4-10H,11H2,1-3H3. The zero-order chi connectivity index (χ0) is 16.3. The minimum absolute atomic E-state index is 0.0822. The largest absolute Gasteiger partial charge is 0.487 e. The van der Waals surface area contributed by atoms with Gasteiger partial charge in [0, 0.05) is 5.56 Å². The molecule has 0 saturated heterocycles. The number of nitrogens with zero attached hydrogens (tertiary/aromatic N) is 1. The molecule has 0 radical (unpaired) electrons. The maximum Gasteiger partial charge on any atom is 0.276 e. The minimum Gasteiger partial charge on any atom is -0.487 e. The van der Waals surface area contributed by atoms with E-state index in [2.05, 4.69) is 15.9 Å². The van der Waals surface area contributed by atoms with Crippen LogP contribution in [-0.4, -0.2) is 4.92 Å². The summed E-state index contributed by atoms with van der Waals surface area (Å²) in [4.78, 5) is 11.0. The zero-order valence-corrected chi connectivity index (χ0v) is 14.4. The number of hydrogen-bond donors (Lipinski definition) is 0. The lowest BCUT2D eigenvalue weighted by molar-refractivity contribution is -0.386. The van der Waals surface area contributed by atoms with E-state index in [1.54, 1.807) is 6.07 Å². The van der Waals surface area contributed by atoms with Crippen molar-refractivity contribution in [2.24, 2.45) is 0 Å². The normalized spacial score (nSPS) is 11.3. The van der Waals surface area contributed by atoms with Crippen molar-refractivity contribution >= 4 is 21.6 Å². The molecule has 0 aliphatic heterocycles. The summed E-state index contributed by atoms with van der Waals surface area (Å²) in [5.74, 6) is 0.476. The Morgan fingerprint density at radius 2 is 1.82 bits per heavy atom. The van der Waals surface area contributed by atoms with Crippen LogP contribution in [0.2, 0.25) is 0 Å². The number of hydrogen-bond acceptors (Lipinski definition) is 3. The molecule has 0 aliphatic carbocycles. The summed E-state index contributed by atoms with van der Waals surface area (Å²) in [6.45, 7) is 6.22. The summed E-state index contributed by atoms with van der Waals surface area (Å²) in [7, 11) is 0. The molecule has 0 bridgehead atoms. The molecule has 0 unspecified atom stereocenters. The Morgan fingerprint density at radius 3 is 2.36 bits per heavy atom. The van der Waals surface area contributed by atoms with Gasteiger partial charge in [0.25, 0.3) is 5.69 Å². The van der Waals surface area contributed by atoms with Crippen LogP contribution in [0.1, 0.15) is 31.9 Å². The van der Waals surface area contributed by atoms with Crippen molar-refractivity contribution in [3.05, 3.63) is 68.2 Å². The Balaban J connectivity index is 2.33. The molecule has 0 spiro atoms. The third-order valence-corrected chi connectivity index (χ3v) is 3.91. The van der Waals surface area contributed by atoms with Crippen molar-refractivity contribution in [2.45, 2.75) is 32.8 Å². The monoisotopic (exact) mass is 363 g/mol. The predicted molar refractivity (Wildman–Crippen MR) is 90.3 cm³/mol. The van der Waals surface area contributed by atoms with Crippen LogP contribution in [0.3, 0.4) is 0 Å². The van der Waals surface area contributed by atoms with E-state index in [9.17, 15) is 10.1 Å². The maximum absolute atomic E-state index is 11.3. The third kappa shape index (κ3) is 3.85. The average molecular weight is 364 g/mol. The lowest BCUT2D eigenvalue weighted by Gasteiger charge is -2.20. The number of ether oxygens (including phenoxy) is 1. The number of rotatable bonds is 4. The molecule has 2 rings (SSSR count). The molecule has 0 atom stereocenters. The van der Waals surface area contributed by atoms with E-state index in [0.29, 0.717) is 17.9 Å². The van der Waals surface area contributed by atoms with Gasteiger partial charge in [-0.1, -0.05) is 51.1 Å². The van der Waals surface area contributed by atoms with Crippen molar-refractivity contribution in [3.63, 3.8) is 0 Å². The maximum atomic E-state index is 11.3. The second kappa shape index (κ2) is 6.48. The van der Waals surface area contributed by atoms with E-state index in [0.717, 1.165) is 10.0 Å². The van der Waals surface area contributed by atoms with Gasteiger partial charge in [-0.3, -0.25) is 10.1 Å². The van der Waals surface area contributed by atoms with Crippen LogP contribution in [0.4, 0.5) is 5.69 Å². The Hall–Kier alpha value is -1.88. The Labute approximate surface area is 138 Å². The number of benzene rings is 2. The van der Waals surface area contributed by atoms with Gasteiger partial charge in [-0.15, -0.1) is 0 Å². The molecular weight excluding hydrogens is 346 g/mol. The number of halogens is 1. The Bertz CT molecular complexity index is 678. The molecule has 5 heteroatoms. The summed E-state index contributed by atoms with van der Waals surface area (Å²) >= 11 is 3.45. The lowest BCUT2D eigenvalue weighted by Crippen LogP contribution is -2.14. The van der Waals surface area contributed by atoms with Gasteiger partial charge in [-0.25, -0.2) is 0 Å². The van der Waals surface area contributed by atoms with Gasteiger partial charge in [0.1, 0.15) is 12.4 Å². The molecule has 2 aromatic rings. The van der Waals surface area contributed by atoms with Crippen molar-refractivity contribution in [2.75, 3.05) is 0 Å². The molecule has 0 heterocycles. The minimum atomic E-state index is -0.359. The van der Waals surface area contributed by atoms with Gasteiger partial charge < -0.3 is 4.74 Å². The first kappa shape index (κ1) is 16.5. The van der Waals surface area contributed by atoms with Crippen LogP contribution >= 0.6 is 15.9 Å². The highest BCUT2D eigenvalue weighted by Gasteiger charge is 2.27. The van der Waals surface area contributed by atoms with Crippen LogP contribution < -0.4 is 4.74 Å². The van der Waals surface area contributed by atoms with E-state index >= 15 is 0 Å². The summed E-state index contributed by atoms with van der Waals surface area (Å²) in [6.07, 6.45) is 0. The van der Waals surface area contributed by atoms with Gasteiger partial charge in [0.15, 0.2) is 0 Å². The zero-order valence-electron chi connectivity index (χ0n) is 12.8. The summed E-state index contributed by atoms with van der Waals surface area (Å²) < 4.78 is 6.45. The summed E-state index contributed by atoms with van der Waals surface area (Å²) in [5.41, 5.74) is 1.45. The van der Waals surface area contributed by atoms with Crippen LogP contribution in [0.5, 0.6) is 5.75 Å². The van der Waals surface area contributed by atoms with Crippen LogP contribution in [0.15, 0.2) is 46.9 Å². The van der Waals surface area contributed by atoms with Crippen molar-refractivity contribution in [1.82, 2.24) is 0 Å². The molecule has 0 N–H and O–H groups in total. The van der Waals surface area contributed by atoms with Crippen LogP contribution in [-0.2, 0) is 12.0 Å². The van der Waals surface area contributed by atoms with Gasteiger partial charge in [0.2, 0.25) is 0 Å². The molecule has 116 valence electrons. The van der Waals surface area contributed by atoms with Crippen molar-refractivity contribution < 1.29 is 9.66 Å². The SMILES string of the molecule is CC(C)(C)c1cc(Br)c(OCc2ccccc2)cc1[N+](=O)[O-]. The molecule has 4 nitrogen and oxygen atoms in total. The quantitative estimate of drug-likeness (QED) is 0.551. The highest BCUT2D eigenvalue weighted by Crippen LogP contribution is 2.39. The highest BCUT2D eigenvalue weighted by atomic mass is 79.9. The van der Waals surface area contributed by atoms with Crippen molar-refractivity contribution in [3.8, 4) is 5.75 Å². The Morgan fingerprint density at radius 1 is 1.18 bits per heavy atom. The van der Waals surface area contributed by atoms with E-state index < -0.39 is 0 Å². The number of nitro benzene ring substituents is 1. The van der Waals surface area contributed by atoms with Gasteiger partial charge in [0.05, 0.1) is 15.5 Å². The van der Waals surface area contributed by atoms with Gasteiger partial charge in [-0.2, -0.15) is 0 Å². The Kier molecular flexibility index (Phi) is 4.86. The van der Waals surface area contributed by atoms with Gasteiger partial charge in [-0.05, 0) is 33.0 Å². The second-order valence-electron chi connectivity index (χ2n) is 6.08. The highest BCUT2D eigenvalue weighted by molar-refractivity contribution is 9.10. The topological polar surface area (TPSA) is 52.4 Å². The first-order chi connectivity index (χ1) is 10.3. The lowest BCUT2D eigenvalue weighted by atomic mass is 9.86. The summed E-state index contributed by atoms with van der Waals surface area (Å²) in [5, 5.41) is 11.3. The van der Waals surface area contributed by atoms with Crippen LogP contribution in [0, 0.1) is 10.1 Å². The fourth-order valence-corrected chi connectivity index (χ4v) is 2.60. The third-order valence-electron chi connectivity index (χ3n) is 3.29. The second-order valence-corrected chi connectivity index (χ2v) is 6.94. The smallest absolute Gasteiger partial charge is 0.276 e. The molecule has 0 aromatic heterocycles. The molecule has 0 amide bonds. The first-order valence-electron chi connectivity index (χ1n) is 6.94. The molecule has 2 aromatic carbocycles. The van der Waals surface area contributed by atoms with Crippen molar-refractivity contribution in [1.29, 1.82) is 0 Å². The predicted octanol–water partition coefficient (Wildman–Crippen LogP) is 5.23. The molecule has 22 heavy (non-hydrogen) atoms. The van der Waals surface area contributed by atoms with E-state index in [1.165, 1.54) is 6.07 Å². The van der Waals surface area contributed by atoms with E-state index in [-0.39, 0.29) is 16.0 Å².